The van der Waals surface area contributed by atoms with E-state index in [9.17, 15) is 4.79 Å². The summed E-state index contributed by atoms with van der Waals surface area (Å²) in [5.41, 5.74) is 0.712. The van der Waals surface area contributed by atoms with Crippen molar-refractivity contribution in [1.82, 2.24) is 4.90 Å². The number of hydrogen-bond donors (Lipinski definition) is 1. The summed E-state index contributed by atoms with van der Waals surface area (Å²) in [5.74, 6) is 0.694. The van der Waals surface area contributed by atoms with Crippen LogP contribution in [-0.4, -0.2) is 23.4 Å². The molecular weight excluding hydrogens is 310 g/mol. The van der Waals surface area contributed by atoms with Gasteiger partial charge in [0.25, 0.3) is 5.91 Å². The van der Waals surface area contributed by atoms with E-state index in [1.807, 2.05) is 23.1 Å². The number of hydrogen-bond acceptors (Lipinski definition) is 2. The van der Waals surface area contributed by atoms with Crippen LogP contribution in [-0.2, 0) is 0 Å². The highest BCUT2D eigenvalue weighted by Gasteiger charge is 2.28. The molecule has 98 valence electrons. The van der Waals surface area contributed by atoms with Gasteiger partial charge in [-0.15, -0.1) is 12.6 Å². The van der Waals surface area contributed by atoms with Crippen molar-refractivity contribution in [2.24, 2.45) is 5.92 Å². The normalized spacial score (nSPS) is 24.1. The van der Waals surface area contributed by atoms with Gasteiger partial charge in [-0.1, -0.05) is 6.92 Å². The number of rotatable bonds is 1. The molecule has 1 heterocycles. The molecule has 2 nitrogen and oxygen atoms in total. The summed E-state index contributed by atoms with van der Waals surface area (Å²) < 4.78 is 0.843. The van der Waals surface area contributed by atoms with Crippen LogP contribution < -0.4 is 0 Å². The lowest BCUT2D eigenvalue weighted by atomic mass is 9.94. The van der Waals surface area contributed by atoms with E-state index in [2.05, 4.69) is 42.4 Å². The van der Waals surface area contributed by atoms with Crippen LogP contribution in [0.4, 0.5) is 0 Å². The molecule has 1 fully saturated rings. The summed E-state index contributed by atoms with van der Waals surface area (Å²) in [6.45, 7) is 5.18. The lowest BCUT2D eigenvalue weighted by molar-refractivity contribution is 0.0573. The van der Waals surface area contributed by atoms with E-state index in [0.29, 0.717) is 17.5 Å². The van der Waals surface area contributed by atoms with Crippen molar-refractivity contribution in [3.05, 3.63) is 28.2 Å². The Labute approximate surface area is 122 Å². The van der Waals surface area contributed by atoms with Crippen LogP contribution in [0.1, 0.15) is 37.0 Å². The maximum absolute atomic E-state index is 12.6. The number of carbonyl (C=O) groups is 1. The van der Waals surface area contributed by atoms with Crippen molar-refractivity contribution in [2.75, 3.05) is 6.54 Å². The highest BCUT2D eigenvalue weighted by molar-refractivity contribution is 9.10. The molecule has 1 amide bonds. The van der Waals surface area contributed by atoms with Gasteiger partial charge in [0.05, 0.1) is 5.56 Å². The zero-order valence-electron chi connectivity index (χ0n) is 10.7. The summed E-state index contributed by atoms with van der Waals surface area (Å²) in [5, 5.41) is 0. The molecule has 1 aromatic carbocycles. The number of nitrogens with zero attached hydrogens (tertiary/aromatic N) is 1. The second kappa shape index (κ2) is 5.66. The van der Waals surface area contributed by atoms with Gasteiger partial charge >= 0.3 is 0 Å². The van der Waals surface area contributed by atoms with Crippen molar-refractivity contribution in [1.29, 1.82) is 0 Å². The Morgan fingerprint density at radius 1 is 1.39 bits per heavy atom. The molecule has 1 saturated heterocycles. The van der Waals surface area contributed by atoms with E-state index in [1.165, 1.54) is 6.42 Å². The first-order valence-corrected chi connectivity index (χ1v) is 7.52. The lowest BCUT2D eigenvalue weighted by Gasteiger charge is -2.37. The minimum atomic E-state index is 0.108. The zero-order chi connectivity index (χ0) is 13.3. The smallest absolute Gasteiger partial charge is 0.255 e. The quantitative estimate of drug-likeness (QED) is 0.773. The molecule has 2 unspecified atom stereocenters. The number of thiol groups is 1. The molecule has 0 radical (unpaired) electrons. The standard InChI is InChI=1S/C14H18BrNOS/c1-9-3-4-10(2)16(8-9)14(17)12-7-11(18)5-6-13(12)15/h5-7,9-10,18H,3-4,8H2,1-2H3. The Kier molecular flexibility index (Phi) is 4.38. The maximum atomic E-state index is 12.6. The summed E-state index contributed by atoms with van der Waals surface area (Å²) in [4.78, 5) is 15.4. The number of halogens is 1. The van der Waals surface area contributed by atoms with Gasteiger partial charge < -0.3 is 4.90 Å². The lowest BCUT2D eigenvalue weighted by Crippen LogP contribution is -2.45. The molecule has 0 spiro atoms. The second-order valence-corrected chi connectivity index (χ2v) is 6.52. The number of amides is 1. The predicted molar refractivity (Wildman–Crippen MR) is 80.3 cm³/mol. The van der Waals surface area contributed by atoms with E-state index >= 15 is 0 Å². The Morgan fingerprint density at radius 2 is 2.11 bits per heavy atom. The van der Waals surface area contributed by atoms with Crippen molar-refractivity contribution in [2.45, 2.75) is 37.6 Å². The molecule has 18 heavy (non-hydrogen) atoms. The first kappa shape index (κ1) is 13.9. The number of likely N-dealkylation sites (tertiary alicyclic amines) is 1. The van der Waals surface area contributed by atoms with Gasteiger partial charge in [0.1, 0.15) is 0 Å². The molecule has 0 aromatic heterocycles. The first-order valence-electron chi connectivity index (χ1n) is 6.28. The topological polar surface area (TPSA) is 20.3 Å². The van der Waals surface area contributed by atoms with E-state index < -0.39 is 0 Å². The zero-order valence-corrected chi connectivity index (χ0v) is 13.2. The molecule has 1 aliphatic rings. The van der Waals surface area contributed by atoms with Gasteiger partial charge in [0.15, 0.2) is 0 Å². The SMILES string of the molecule is CC1CCC(C)N(C(=O)c2cc(S)ccc2Br)C1. The van der Waals surface area contributed by atoms with E-state index in [-0.39, 0.29) is 5.91 Å². The van der Waals surface area contributed by atoms with E-state index in [0.717, 1.165) is 22.3 Å². The average Bonchev–Trinajstić information content (AvgIpc) is 2.34. The van der Waals surface area contributed by atoms with Crippen LogP contribution in [0.25, 0.3) is 0 Å². The van der Waals surface area contributed by atoms with Gasteiger partial charge in [-0.25, -0.2) is 0 Å². The van der Waals surface area contributed by atoms with Crippen molar-refractivity contribution in [3.8, 4) is 0 Å². The fraction of sp³-hybridized carbons (Fsp3) is 0.500. The Bertz CT molecular complexity index is 463. The summed E-state index contributed by atoms with van der Waals surface area (Å²) >= 11 is 7.76. The molecule has 0 aliphatic carbocycles. The number of benzene rings is 1. The maximum Gasteiger partial charge on any atom is 0.255 e. The fourth-order valence-corrected chi connectivity index (χ4v) is 3.02. The van der Waals surface area contributed by atoms with Crippen molar-refractivity contribution in [3.63, 3.8) is 0 Å². The van der Waals surface area contributed by atoms with Gasteiger partial charge in [0, 0.05) is 22.0 Å². The molecule has 0 saturated carbocycles. The van der Waals surface area contributed by atoms with Gasteiger partial charge in [-0.2, -0.15) is 0 Å². The number of piperidine rings is 1. The van der Waals surface area contributed by atoms with Crippen LogP contribution in [0.3, 0.4) is 0 Å². The molecule has 0 bridgehead atoms. The molecule has 2 rings (SSSR count). The van der Waals surface area contributed by atoms with Crippen LogP contribution in [0.2, 0.25) is 0 Å². The third-order valence-corrected chi connectivity index (χ3v) is 4.53. The van der Waals surface area contributed by atoms with Gasteiger partial charge in [-0.3, -0.25) is 4.79 Å². The minimum Gasteiger partial charge on any atom is -0.336 e. The molecular formula is C14H18BrNOS. The highest BCUT2D eigenvalue weighted by Crippen LogP contribution is 2.27. The molecule has 4 heteroatoms. The predicted octanol–water partition coefficient (Wildman–Crippen LogP) is 4.00. The summed E-state index contributed by atoms with van der Waals surface area (Å²) in [6.07, 6.45) is 2.30. The summed E-state index contributed by atoms with van der Waals surface area (Å²) in [6, 6.07) is 5.92. The Morgan fingerprint density at radius 3 is 2.83 bits per heavy atom. The molecule has 1 aromatic rings. The van der Waals surface area contributed by atoms with Crippen LogP contribution in [0.5, 0.6) is 0 Å². The third kappa shape index (κ3) is 2.91. The van der Waals surface area contributed by atoms with Crippen LogP contribution in [0, 0.1) is 5.92 Å². The molecule has 0 N–H and O–H groups in total. The average molecular weight is 328 g/mol. The van der Waals surface area contributed by atoms with Crippen LogP contribution >= 0.6 is 28.6 Å². The monoisotopic (exact) mass is 327 g/mol. The van der Waals surface area contributed by atoms with E-state index in [4.69, 9.17) is 0 Å². The molecule has 2 atom stereocenters. The van der Waals surface area contributed by atoms with Crippen LogP contribution in [0.15, 0.2) is 27.6 Å². The third-order valence-electron chi connectivity index (χ3n) is 3.56. The summed E-state index contributed by atoms with van der Waals surface area (Å²) in [7, 11) is 0. The minimum absolute atomic E-state index is 0.108. The van der Waals surface area contributed by atoms with Gasteiger partial charge in [0.2, 0.25) is 0 Å². The van der Waals surface area contributed by atoms with Gasteiger partial charge in [-0.05, 0) is 59.8 Å². The highest BCUT2D eigenvalue weighted by atomic mass is 79.9. The largest absolute Gasteiger partial charge is 0.336 e. The number of carbonyl (C=O) groups excluding carboxylic acids is 1. The Hall–Kier alpha value is -0.480. The van der Waals surface area contributed by atoms with E-state index in [1.54, 1.807) is 0 Å². The molecule has 1 aliphatic heterocycles. The Balaban J connectivity index is 2.27. The fourth-order valence-electron chi connectivity index (χ4n) is 2.40. The van der Waals surface area contributed by atoms with Crippen molar-refractivity contribution >= 4 is 34.5 Å². The second-order valence-electron chi connectivity index (χ2n) is 5.15. The first-order chi connectivity index (χ1) is 8.49. The van der Waals surface area contributed by atoms with Crippen molar-refractivity contribution < 1.29 is 4.79 Å².